The normalized spacial score (nSPS) is 10.0. The molecule has 0 radical (unpaired) electrons. The van der Waals surface area contributed by atoms with Gasteiger partial charge in [-0.3, -0.25) is 4.79 Å². The Balaban J connectivity index is 2.96. The fourth-order valence-corrected chi connectivity index (χ4v) is 1.27. The van der Waals surface area contributed by atoms with Gasteiger partial charge in [0.2, 0.25) is 5.95 Å². The van der Waals surface area contributed by atoms with E-state index in [0.29, 0.717) is 6.54 Å². The Hall–Kier alpha value is -1.78. The van der Waals surface area contributed by atoms with Gasteiger partial charge in [0.15, 0.2) is 5.82 Å². The zero-order valence-corrected chi connectivity index (χ0v) is 9.13. The van der Waals surface area contributed by atoms with E-state index in [1.54, 1.807) is 6.92 Å². The summed E-state index contributed by atoms with van der Waals surface area (Å²) >= 11 is 0. The predicted octanol–water partition coefficient (Wildman–Crippen LogP) is 2.01. The van der Waals surface area contributed by atoms with Crippen LogP contribution in [0.4, 0.5) is 8.78 Å². The Morgan fingerprint density at radius 3 is 2.75 bits per heavy atom. The summed E-state index contributed by atoms with van der Waals surface area (Å²) in [6, 6.07) is 1.15. The van der Waals surface area contributed by atoms with Crippen LogP contribution in [0.1, 0.15) is 17.3 Å². The first-order valence-electron chi connectivity index (χ1n) is 4.63. The van der Waals surface area contributed by atoms with Crippen molar-refractivity contribution < 1.29 is 13.6 Å². The molecule has 1 aromatic rings. The molecule has 1 aromatic heterocycles. The smallest absolute Gasteiger partial charge is 0.257 e. The van der Waals surface area contributed by atoms with Gasteiger partial charge in [0, 0.05) is 19.8 Å². The Labute approximate surface area is 92.4 Å². The van der Waals surface area contributed by atoms with Crippen molar-refractivity contribution in [1.82, 2.24) is 9.88 Å². The number of hydrogen-bond donors (Lipinski definition) is 0. The van der Waals surface area contributed by atoms with Crippen molar-refractivity contribution in [2.75, 3.05) is 13.6 Å². The lowest BCUT2D eigenvalue weighted by Gasteiger charge is -2.17. The van der Waals surface area contributed by atoms with Gasteiger partial charge < -0.3 is 4.90 Å². The van der Waals surface area contributed by atoms with Crippen LogP contribution in [0.2, 0.25) is 0 Å². The average molecular weight is 226 g/mol. The molecule has 86 valence electrons. The minimum atomic E-state index is -1.27. The van der Waals surface area contributed by atoms with Crippen LogP contribution in [0, 0.1) is 11.8 Å². The fourth-order valence-electron chi connectivity index (χ4n) is 1.27. The van der Waals surface area contributed by atoms with E-state index >= 15 is 0 Å². The quantitative estimate of drug-likeness (QED) is 0.583. The minimum absolute atomic E-state index is 0.294. The highest BCUT2D eigenvalue weighted by atomic mass is 19.2. The highest BCUT2D eigenvalue weighted by molar-refractivity contribution is 5.94. The maximum atomic E-state index is 13.2. The Kier molecular flexibility index (Phi) is 3.71. The van der Waals surface area contributed by atoms with E-state index in [1.165, 1.54) is 11.9 Å². The van der Waals surface area contributed by atoms with Crippen LogP contribution >= 0.6 is 0 Å². The Bertz CT molecular complexity index is 432. The maximum absolute atomic E-state index is 13.2. The van der Waals surface area contributed by atoms with Crippen LogP contribution in [0.3, 0.4) is 0 Å². The zero-order valence-electron chi connectivity index (χ0n) is 9.13. The van der Waals surface area contributed by atoms with Crippen LogP contribution < -0.4 is 0 Å². The lowest BCUT2D eigenvalue weighted by molar-refractivity contribution is 0.0801. The lowest BCUT2D eigenvalue weighted by Crippen LogP contribution is -2.29. The van der Waals surface area contributed by atoms with Crippen molar-refractivity contribution in [3.05, 3.63) is 41.7 Å². The third-order valence-electron chi connectivity index (χ3n) is 1.93. The molecular weight excluding hydrogens is 214 g/mol. The molecule has 1 amide bonds. The van der Waals surface area contributed by atoms with E-state index < -0.39 is 17.7 Å². The summed E-state index contributed by atoms with van der Waals surface area (Å²) < 4.78 is 26.0. The monoisotopic (exact) mass is 226 g/mol. The van der Waals surface area contributed by atoms with Gasteiger partial charge in [-0.1, -0.05) is 12.2 Å². The number of amides is 1. The number of pyridine rings is 1. The summed E-state index contributed by atoms with van der Waals surface area (Å²) in [4.78, 5) is 16.1. The highest BCUT2D eigenvalue weighted by Gasteiger charge is 2.19. The number of hydrogen-bond acceptors (Lipinski definition) is 2. The second-order valence-corrected chi connectivity index (χ2v) is 3.58. The summed E-state index contributed by atoms with van der Waals surface area (Å²) in [5.74, 6) is -3.09. The molecule has 0 saturated carbocycles. The number of aromatic nitrogens is 1. The first-order chi connectivity index (χ1) is 7.43. The van der Waals surface area contributed by atoms with E-state index in [-0.39, 0.29) is 5.56 Å². The molecule has 0 bridgehead atoms. The first kappa shape index (κ1) is 12.3. The molecule has 3 nitrogen and oxygen atoms in total. The predicted molar refractivity (Wildman–Crippen MR) is 55.9 cm³/mol. The van der Waals surface area contributed by atoms with Crippen LogP contribution in [-0.4, -0.2) is 29.4 Å². The number of rotatable bonds is 3. The van der Waals surface area contributed by atoms with Gasteiger partial charge in [0.1, 0.15) is 0 Å². The van der Waals surface area contributed by atoms with Gasteiger partial charge in [-0.05, 0) is 13.0 Å². The van der Waals surface area contributed by atoms with Gasteiger partial charge in [0.05, 0.1) is 5.56 Å². The SMILES string of the molecule is C=C(C)CN(C)C(=O)c1ccnc(F)c1F. The highest BCUT2D eigenvalue weighted by Crippen LogP contribution is 2.11. The molecule has 0 saturated heterocycles. The summed E-state index contributed by atoms with van der Waals surface area (Å²) in [6.07, 6.45) is 1.06. The van der Waals surface area contributed by atoms with Crippen LogP contribution in [0.15, 0.2) is 24.4 Å². The molecular formula is C11H12F2N2O. The Morgan fingerprint density at radius 1 is 1.56 bits per heavy atom. The number of halogens is 2. The number of likely N-dealkylation sites (N-methyl/N-ethyl adjacent to an activating group) is 1. The summed E-state index contributed by atoms with van der Waals surface area (Å²) in [6.45, 7) is 5.67. The summed E-state index contributed by atoms with van der Waals surface area (Å²) in [5, 5.41) is 0. The third kappa shape index (κ3) is 2.62. The van der Waals surface area contributed by atoms with Crippen molar-refractivity contribution >= 4 is 5.91 Å². The molecule has 0 atom stereocenters. The fraction of sp³-hybridized carbons (Fsp3) is 0.273. The largest absolute Gasteiger partial charge is 0.338 e. The van der Waals surface area contributed by atoms with Crippen molar-refractivity contribution in [1.29, 1.82) is 0 Å². The van der Waals surface area contributed by atoms with E-state index in [9.17, 15) is 13.6 Å². The molecule has 0 aliphatic rings. The second kappa shape index (κ2) is 4.83. The molecule has 16 heavy (non-hydrogen) atoms. The molecule has 5 heteroatoms. The van der Waals surface area contributed by atoms with Crippen molar-refractivity contribution in [2.24, 2.45) is 0 Å². The molecule has 0 fully saturated rings. The topological polar surface area (TPSA) is 33.2 Å². The van der Waals surface area contributed by atoms with Gasteiger partial charge in [-0.15, -0.1) is 0 Å². The van der Waals surface area contributed by atoms with Crippen LogP contribution in [-0.2, 0) is 0 Å². The van der Waals surface area contributed by atoms with E-state index in [1.807, 2.05) is 0 Å². The standard InChI is InChI=1S/C11H12F2N2O/c1-7(2)6-15(3)11(16)8-4-5-14-10(13)9(8)12/h4-5H,1,6H2,2-3H3. The summed E-state index contributed by atoms with van der Waals surface area (Å²) in [5.41, 5.74) is 0.432. The third-order valence-corrected chi connectivity index (χ3v) is 1.93. The van der Waals surface area contributed by atoms with Gasteiger partial charge in [0.25, 0.3) is 5.91 Å². The number of carbonyl (C=O) groups excluding carboxylic acids is 1. The molecule has 0 unspecified atom stereocenters. The van der Waals surface area contributed by atoms with Gasteiger partial charge in [-0.25, -0.2) is 9.37 Å². The maximum Gasteiger partial charge on any atom is 0.257 e. The van der Waals surface area contributed by atoms with Crippen LogP contribution in [0.5, 0.6) is 0 Å². The number of nitrogens with zero attached hydrogens (tertiary/aromatic N) is 2. The molecule has 0 aliphatic heterocycles. The molecule has 0 spiro atoms. The zero-order chi connectivity index (χ0) is 12.3. The second-order valence-electron chi connectivity index (χ2n) is 3.58. The number of carbonyl (C=O) groups is 1. The van der Waals surface area contributed by atoms with E-state index in [2.05, 4.69) is 11.6 Å². The van der Waals surface area contributed by atoms with Crippen molar-refractivity contribution in [3.63, 3.8) is 0 Å². The lowest BCUT2D eigenvalue weighted by atomic mass is 10.2. The van der Waals surface area contributed by atoms with Crippen molar-refractivity contribution in [2.45, 2.75) is 6.92 Å². The Morgan fingerprint density at radius 2 is 2.19 bits per heavy atom. The average Bonchev–Trinajstić information content (AvgIpc) is 2.20. The molecule has 0 N–H and O–H groups in total. The summed E-state index contributed by atoms with van der Waals surface area (Å²) in [7, 11) is 1.49. The molecule has 0 aliphatic carbocycles. The van der Waals surface area contributed by atoms with E-state index in [4.69, 9.17) is 0 Å². The van der Waals surface area contributed by atoms with Crippen LogP contribution in [0.25, 0.3) is 0 Å². The minimum Gasteiger partial charge on any atom is -0.338 e. The van der Waals surface area contributed by atoms with Gasteiger partial charge >= 0.3 is 0 Å². The van der Waals surface area contributed by atoms with E-state index in [0.717, 1.165) is 17.8 Å². The first-order valence-corrected chi connectivity index (χ1v) is 4.63. The molecule has 0 aromatic carbocycles. The van der Waals surface area contributed by atoms with Gasteiger partial charge in [-0.2, -0.15) is 4.39 Å². The molecule has 1 rings (SSSR count). The molecule has 1 heterocycles. The van der Waals surface area contributed by atoms with Crippen molar-refractivity contribution in [3.8, 4) is 0 Å².